The second-order valence-electron chi connectivity index (χ2n) is 3.47. The maximum absolute atomic E-state index is 13.2. The molecule has 0 spiro atoms. The Balaban J connectivity index is 2.70. The van der Waals surface area contributed by atoms with Crippen LogP contribution in [0.25, 0.3) is 0 Å². The molecule has 0 aliphatic carbocycles. The van der Waals surface area contributed by atoms with Gasteiger partial charge in [-0.15, -0.1) is 12.3 Å². The molecule has 0 heterocycles. The molecule has 1 aromatic carbocycles. The average molecular weight is 220 g/mol. The van der Waals surface area contributed by atoms with E-state index in [9.17, 15) is 9.18 Å². The maximum atomic E-state index is 13.2. The number of amides is 1. The standard InChI is InChI=1S/C12H13FN2O/c1-3-4-11(14)12(16)15-9-6-5-8(2)10(13)7-9/h1,5-7,11H,4,14H2,2H3,(H,15,16). The predicted molar refractivity (Wildman–Crippen MR) is 61.2 cm³/mol. The zero-order valence-electron chi connectivity index (χ0n) is 8.96. The summed E-state index contributed by atoms with van der Waals surface area (Å²) in [5, 5.41) is 2.50. The van der Waals surface area contributed by atoms with E-state index in [2.05, 4.69) is 11.2 Å². The number of benzene rings is 1. The summed E-state index contributed by atoms with van der Waals surface area (Å²) in [7, 11) is 0. The summed E-state index contributed by atoms with van der Waals surface area (Å²) in [6, 6.07) is 3.67. The first-order valence-corrected chi connectivity index (χ1v) is 4.80. The Kier molecular flexibility index (Phi) is 4.03. The van der Waals surface area contributed by atoms with E-state index >= 15 is 0 Å². The predicted octanol–water partition coefficient (Wildman–Crippen LogP) is 1.42. The molecule has 1 unspecified atom stereocenters. The van der Waals surface area contributed by atoms with Crippen LogP contribution in [-0.4, -0.2) is 11.9 Å². The molecule has 1 rings (SSSR count). The van der Waals surface area contributed by atoms with E-state index in [1.165, 1.54) is 6.07 Å². The lowest BCUT2D eigenvalue weighted by atomic mass is 10.2. The minimum Gasteiger partial charge on any atom is -0.325 e. The Morgan fingerprint density at radius 3 is 2.94 bits per heavy atom. The number of hydrogen-bond donors (Lipinski definition) is 2. The number of terminal acetylenes is 1. The molecule has 0 aliphatic rings. The molecule has 1 aromatic rings. The molecule has 1 atom stereocenters. The van der Waals surface area contributed by atoms with Gasteiger partial charge < -0.3 is 11.1 Å². The maximum Gasteiger partial charge on any atom is 0.242 e. The fourth-order valence-corrected chi connectivity index (χ4v) is 1.13. The number of hydrogen-bond acceptors (Lipinski definition) is 2. The van der Waals surface area contributed by atoms with E-state index in [1.807, 2.05) is 0 Å². The van der Waals surface area contributed by atoms with Gasteiger partial charge in [-0.05, 0) is 24.6 Å². The lowest BCUT2D eigenvalue weighted by molar-refractivity contribution is -0.117. The molecular weight excluding hydrogens is 207 g/mol. The summed E-state index contributed by atoms with van der Waals surface area (Å²) in [6.45, 7) is 1.64. The van der Waals surface area contributed by atoms with Gasteiger partial charge >= 0.3 is 0 Å². The number of halogens is 1. The number of nitrogens with one attached hydrogen (secondary N) is 1. The van der Waals surface area contributed by atoms with Crippen molar-refractivity contribution in [1.29, 1.82) is 0 Å². The van der Waals surface area contributed by atoms with Gasteiger partial charge in [-0.2, -0.15) is 0 Å². The van der Waals surface area contributed by atoms with Crippen molar-refractivity contribution in [3.05, 3.63) is 29.6 Å². The Labute approximate surface area is 93.8 Å². The average Bonchev–Trinajstić information content (AvgIpc) is 2.24. The number of rotatable bonds is 3. The van der Waals surface area contributed by atoms with Crippen LogP contribution in [0.1, 0.15) is 12.0 Å². The fourth-order valence-electron chi connectivity index (χ4n) is 1.13. The van der Waals surface area contributed by atoms with Gasteiger partial charge in [0.15, 0.2) is 0 Å². The monoisotopic (exact) mass is 220 g/mol. The van der Waals surface area contributed by atoms with Crippen LogP contribution in [0.5, 0.6) is 0 Å². The Morgan fingerprint density at radius 2 is 2.38 bits per heavy atom. The summed E-state index contributed by atoms with van der Waals surface area (Å²) in [4.78, 5) is 11.4. The minimum absolute atomic E-state index is 0.153. The molecule has 84 valence electrons. The van der Waals surface area contributed by atoms with Crippen molar-refractivity contribution in [2.45, 2.75) is 19.4 Å². The van der Waals surface area contributed by atoms with Crippen LogP contribution in [0.3, 0.4) is 0 Å². The van der Waals surface area contributed by atoms with E-state index in [0.29, 0.717) is 11.3 Å². The van der Waals surface area contributed by atoms with E-state index < -0.39 is 11.9 Å². The van der Waals surface area contributed by atoms with Gasteiger partial charge in [-0.3, -0.25) is 4.79 Å². The first kappa shape index (κ1) is 12.2. The third-order valence-corrected chi connectivity index (χ3v) is 2.11. The molecule has 0 bridgehead atoms. The van der Waals surface area contributed by atoms with Gasteiger partial charge in [0.25, 0.3) is 0 Å². The molecule has 0 aromatic heterocycles. The molecule has 16 heavy (non-hydrogen) atoms. The van der Waals surface area contributed by atoms with Gasteiger partial charge in [-0.1, -0.05) is 6.07 Å². The Hall–Kier alpha value is -1.86. The number of carbonyl (C=O) groups is 1. The summed E-state index contributed by atoms with van der Waals surface area (Å²) in [5.74, 6) is 1.51. The molecule has 0 aliphatic heterocycles. The molecule has 3 N–H and O–H groups in total. The highest BCUT2D eigenvalue weighted by atomic mass is 19.1. The van der Waals surface area contributed by atoms with Crippen LogP contribution in [0, 0.1) is 25.1 Å². The highest BCUT2D eigenvalue weighted by molar-refractivity contribution is 5.94. The normalized spacial score (nSPS) is 11.6. The molecule has 4 heteroatoms. The van der Waals surface area contributed by atoms with Gasteiger partial charge in [0.2, 0.25) is 5.91 Å². The first-order chi connectivity index (χ1) is 7.54. The quantitative estimate of drug-likeness (QED) is 0.757. The largest absolute Gasteiger partial charge is 0.325 e. The van der Waals surface area contributed by atoms with E-state index in [1.54, 1.807) is 19.1 Å². The fraction of sp³-hybridized carbons (Fsp3) is 0.250. The molecule has 0 saturated carbocycles. The number of carbonyl (C=O) groups excluding carboxylic acids is 1. The molecule has 3 nitrogen and oxygen atoms in total. The van der Waals surface area contributed by atoms with Crippen LogP contribution in [0.15, 0.2) is 18.2 Å². The highest BCUT2D eigenvalue weighted by Crippen LogP contribution is 2.13. The molecular formula is C12H13FN2O. The topological polar surface area (TPSA) is 55.1 Å². The molecule has 0 fully saturated rings. The van der Waals surface area contributed by atoms with E-state index in [-0.39, 0.29) is 12.2 Å². The van der Waals surface area contributed by atoms with Crippen LogP contribution in [-0.2, 0) is 4.79 Å². The SMILES string of the molecule is C#CCC(N)C(=O)Nc1ccc(C)c(F)c1. The van der Waals surface area contributed by atoms with Crippen molar-refractivity contribution in [3.8, 4) is 12.3 Å². The first-order valence-electron chi connectivity index (χ1n) is 4.80. The van der Waals surface area contributed by atoms with Gasteiger partial charge in [0.05, 0.1) is 6.04 Å². The van der Waals surface area contributed by atoms with Gasteiger partial charge in [0.1, 0.15) is 5.82 Å². The van der Waals surface area contributed by atoms with E-state index in [4.69, 9.17) is 12.2 Å². The summed E-state index contributed by atoms with van der Waals surface area (Å²) < 4.78 is 13.2. The lowest BCUT2D eigenvalue weighted by Gasteiger charge is -2.10. The van der Waals surface area contributed by atoms with Crippen molar-refractivity contribution in [3.63, 3.8) is 0 Å². The van der Waals surface area contributed by atoms with Gasteiger partial charge in [-0.25, -0.2) is 4.39 Å². The van der Waals surface area contributed by atoms with E-state index in [0.717, 1.165) is 0 Å². The second-order valence-corrected chi connectivity index (χ2v) is 3.47. The number of nitrogens with two attached hydrogens (primary N) is 1. The number of anilines is 1. The Bertz CT molecular complexity index is 437. The zero-order valence-corrected chi connectivity index (χ0v) is 8.96. The van der Waals surface area contributed by atoms with Crippen molar-refractivity contribution in [2.24, 2.45) is 5.73 Å². The number of aryl methyl sites for hydroxylation is 1. The summed E-state index contributed by atoms with van der Waals surface area (Å²) in [5.41, 5.74) is 6.39. The smallest absolute Gasteiger partial charge is 0.242 e. The minimum atomic E-state index is -0.769. The van der Waals surface area contributed by atoms with Crippen LogP contribution >= 0.6 is 0 Å². The van der Waals surface area contributed by atoms with Crippen LogP contribution in [0.4, 0.5) is 10.1 Å². The van der Waals surface area contributed by atoms with Crippen LogP contribution < -0.4 is 11.1 Å². The third kappa shape index (κ3) is 3.07. The lowest BCUT2D eigenvalue weighted by Crippen LogP contribution is -2.35. The molecule has 1 amide bonds. The van der Waals surface area contributed by atoms with Crippen LogP contribution in [0.2, 0.25) is 0 Å². The Morgan fingerprint density at radius 1 is 1.69 bits per heavy atom. The molecule has 0 radical (unpaired) electrons. The highest BCUT2D eigenvalue weighted by Gasteiger charge is 2.12. The van der Waals surface area contributed by atoms with Gasteiger partial charge in [0, 0.05) is 12.1 Å². The van der Waals surface area contributed by atoms with Crippen molar-refractivity contribution in [1.82, 2.24) is 0 Å². The van der Waals surface area contributed by atoms with Crippen molar-refractivity contribution < 1.29 is 9.18 Å². The zero-order chi connectivity index (χ0) is 12.1. The summed E-state index contributed by atoms with van der Waals surface area (Å²) in [6.07, 6.45) is 5.19. The van der Waals surface area contributed by atoms with Crippen molar-refractivity contribution >= 4 is 11.6 Å². The third-order valence-electron chi connectivity index (χ3n) is 2.11. The second kappa shape index (κ2) is 5.29. The molecule has 0 saturated heterocycles. The summed E-state index contributed by atoms with van der Waals surface area (Å²) >= 11 is 0. The van der Waals surface area contributed by atoms with Crippen molar-refractivity contribution in [2.75, 3.05) is 5.32 Å².